The minimum Gasteiger partial charge on any atom is -0.467 e. The van der Waals surface area contributed by atoms with Gasteiger partial charge >= 0.3 is 6.03 Å². The van der Waals surface area contributed by atoms with Crippen molar-refractivity contribution in [3.8, 4) is 5.69 Å². The van der Waals surface area contributed by atoms with Crippen LogP contribution in [0.5, 0.6) is 0 Å². The van der Waals surface area contributed by atoms with Crippen molar-refractivity contribution in [2.45, 2.75) is 18.6 Å². The number of para-hydroxylation sites is 1. The lowest BCUT2D eigenvalue weighted by atomic mass is 10.3. The molecule has 1 aromatic carbocycles. The van der Waals surface area contributed by atoms with Crippen molar-refractivity contribution in [1.82, 2.24) is 25.4 Å². The maximum absolute atomic E-state index is 12.0. The van der Waals surface area contributed by atoms with E-state index in [1.807, 2.05) is 41.8 Å². The van der Waals surface area contributed by atoms with Crippen molar-refractivity contribution in [3.63, 3.8) is 0 Å². The van der Waals surface area contributed by atoms with Crippen LogP contribution in [-0.2, 0) is 11.3 Å². The van der Waals surface area contributed by atoms with Crippen molar-refractivity contribution >= 4 is 23.7 Å². The molecule has 0 fully saturated rings. The lowest BCUT2D eigenvalue weighted by molar-refractivity contribution is -0.117. The summed E-state index contributed by atoms with van der Waals surface area (Å²) in [5.41, 5.74) is 0.911. The zero-order valence-electron chi connectivity index (χ0n) is 14.0. The summed E-state index contributed by atoms with van der Waals surface area (Å²) >= 11 is 1.21. The Labute approximate surface area is 154 Å². The van der Waals surface area contributed by atoms with Crippen LogP contribution < -0.4 is 10.6 Å². The highest BCUT2D eigenvalue weighted by Gasteiger charge is 2.14. The summed E-state index contributed by atoms with van der Waals surface area (Å²) in [6.45, 7) is 2.05. The van der Waals surface area contributed by atoms with E-state index >= 15 is 0 Å². The molecule has 134 valence electrons. The molecular weight excluding hydrogens is 354 g/mol. The molecule has 3 aromatic rings. The first kappa shape index (κ1) is 17.7. The highest BCUT2D eigenvalue weighted by atomic mass is 32.2. The molecule has 0 atom stereocenters. The highest BCUT2D eigenvalue weighted by Crippen LogP contribution is 2.21. The van der Waals surface area contributed by atoms with Crippen LogP contribution in [0.15, 0.2) is 58.3 Å². The first-order valence-electron chi connectivity index (χ1n) is 7.84. The number of imide groups is 1. The van der Waals surface area contributed by atoms with Gasteiger partial charge in [-0.3, -0.25) is 14.7 Å². The molecule has 0 aliphatic carbocycles. The smallest absolute Gasteiger partial charge is 0.321 e. The fourth-order valence-electron chi connectivity index (χ4n) is 2.23. The molecule has 8 nitrogen and oxygen atoms in total. The number of urea groups is 1. The summed E-state index contributed by atoms with van der Waals surface area (Å²) < 4.78 is 6.96. The fraction of sp³-hybridized carbons (Fsp3) is 0.176. The second-order valence-corrected chi connectivity index (χ2v) is 6.24. The molecule has 0 spiro atoms. The van der Waals surface area contributed by atoms with Gasteiger partial charge in [0.15, 0.2) is 5.16 Å². The predicted octanol–water partition coefficient (Wildman–Crippen LogP) is 2.29. The third-order valence-electron chi connectivity index (χ3n) is 3.40. The monoisotopic (exact) mass is 371 g/mol. The van der Waals surface area contributed by atoms with E-state index in [1.165, 1.54) is 18.0 Å². The molecule has 0 aliphatic heterocycles. The van der Waals surface area contributed by atoms with Gasteiger partial charge in [0.1, 0.15) is 11.6 Å². The number of amides is 3. The average molecular weight is 371 g/mol. The fourth-order valence-corrected chi connectivity index (χ4v) is 3.03. The minimum atomic E-state index is -0.576. The number of hydrogen-bond donors (Lipinski definition) is 2. The number of benzene rings is 1. The number of furan rings is 1. The van der Waals surface area contributed by atoms with Gasteiger partial charge in [0, 0.05) is 5.69 Å². The van der Waals surface area contributed by atoms with E-state index in [9.17, 15) is 9.59 Å². The van der Waals surface area contributed by atoms with Crippen LogP contribution in [0.4, 0.5) is 4.79 Å². The molecule has 9 heteroatoms. The van der Waals surface area contributed by atoms with Gasteiger partial charge in [0.25, 0.3) is 0 Å². The van der Waals surface area contributed by atoms with Crippen LogP contribution in [0, 0.1) is 6.92 Å². The van der Waals surface area contributed by atoms with E-state index in [4.69, 9.17) is 4.42 Å². The topological polar surface area (TPSA) is 102 Å². The second kappa shape index (κ2) is 8.34. The van der Waals surface area contributed by atoms with E-state index in [-0.39, 0.29) is 12.3 Å². The Balaban J connectivity index is 1.53. The van der Waals surface area contributed by atoms with Gasteiger partial charge in [0.05, 0.1) is 18.6 Å². The Morgan fingerprint density at radius 3 is 2.69 bits per heavy atom. The highest BCUT2D eigenvalue weighted by molar-refractivity contribution is 7.99. The molecule has 26 heavy (non-hydrogen) atoms. The number of aryl methyl sites for hydroxylation is 1. The van der Waals surface area contributed by atoms with Crippen LogP contribution in [0.1, 0.15) is 11.6 Å². The summed E-state index contributed by atoms with van der Waals surface area (Å²) in [6, 6.07) is 12.5. The Morgan fingerprint density at radius 2 is 1.96 bits per heavy atom. The number of hydrogen-bond acceptors (Lipinski definition) is 6. The Hall–Kier alpha value is -3.07. The first-order valence-corrected chi connectivity index (χ1v) is 8.82. The number of nitrogens with zero attached hydrogens (tertiary/aromatic N) is 3. The summed E-state index contributed by atoms with van der Waals surface area (Å²) in [4.78, 5) is 23.7. The predicted molar refractivity (Wildman–Crippen MR) is 95.9 cm³/mol. The van der Waals surface area contributed by atoms with Gasteiger partial charge < -0.3 is 9.73 Å². The molecule has 2 aromatic heterocycles. The van der Waals surface area contributed by atoms with E-state index in [0.717, 1.165) is 11.5 Å². The van der Waals surface area contributed by atoms with Crippen molar-refractivity contribution in [2.75, 3.05) is 5.75 Å². The maximum Gasteiger partial charge on any atom is 0.321 e. The van der Waals surface area contributed by atoms with Crippen molar-refractivity contribution in [1.29, 1.82) is 0 Å². The lowest BCUT2D eigenvalue weighted by Crippen LogP contribution is -2.39. The minimum absolute atomic E-state index is 0.0408. The third-order valence-corrected chi connectivity index (χ3v) is 4.33. The SMILES string of the molecule is Cc1nnc(SCC(=O)NC(=O)NCc2ccco2)n1-c1ccccc1. The normalized spacial score (nSPS) is 10.5. The number of aromatic nitrogens is 3. The van der Waals surface area contributed by atoms with E-state index in [1.54, 1.807) is 12.1 Å². The molecule has 0 saturated carbocycles. The Bertz CT molecular complexity index is 877. The van der Waals surface area contributed by atoms with Gasteiger partial charge in [-0.1, -0.05) is 30.0 Å². The second-order valence-electron chi connectivity index (χ2n) is 5.30. The standard InChI is InChI=1S/C17H17N5O3S/c1-12-20-21-17(22(12)13-6-3-2-4-7-13)26-11-15(23)19-16(24)18-10-14-8-5-9-25-14/h2-9H,10-11H2,1H3,(H2,18,19,23,24). The molecule has 3 amide bonds. The van der Waals surface area contributed by atoms with Crippen LogP contribution in [0.3, 0.4) is 0 Å². The molecule has 3 rings (SSSR count). The average Bonchev–Trinajstić information content (AvgIpc) is 3.28. The molecule has 0 aliphatic rings. The zero-order chi connectivity index (χ0) is 18.4. The maximum atomic E-state index is 12.0. The van der Waals surface area contributed by atoms with Crippen LogP contribution in [-0.4, -0.2) is 32.5 Å². The summed E-state index contributed by atoms with van der Waals surface area (Å²) in [6.07, 6.45) is 1.52. The van der Waals surface area contributed by atoms with Crippen molar-refractivity contribution in [2.24, 2.45) is 0 Å². The molecule has 2 N–H and O–H groups in total. The van der Waals surface area contributed by atoms with Gasteiger partial charge in [-0.15, -0.1) is 10.2 Å². The van der Waals surface area contributed by atoms with Crippen molar-refractivity contribution in [3.05, 3.63) is 60.3 Å². The number of carbonyl (C=O) groups excluding carboxylic acids is 2. The zero-order valence-corrected chi connectivity index (χ0v) is 14.8. The van der Waals surface area contributed by atoms with Gasteiger partial charge in [-0.2, -0.15) is 0 Å². The van der Waals surface area contributed by atoms with Gasteiger partial charge in [0.2, 0.25) is 5.91 Å². The Morgan fingerprint density at radius 1 is 1.15 bits per heavy atom. The van der Waals surface area contributed by atoms with Gasteiger partial charge in [-0.05, 0) is 31.2 Å². The van der Waals surface area contributed by atoms with E-state index < -0.39 is 11.9 Å². The lowest BCUT2D eigenvalue weighted by Gasteiger charge is -2.08. The van der Waals surface area contributed by atoms with Crippen LogP contribution >= 0.6 is 11.8 Å². The molecule has 0 radical (unpaired) electrons. The molecule has 0 bridgehead atoms. The summed E-state index contributed by atoms with van der Waals surface area (Å²) in [7, 11) is 0. The molecular formula is C17H17N5O3S. The largest absolute Gasteiger partial charge is 0.467 e. The van der Waals surface area contributed by atoms with E-state index in [2.05, 4.69) is 20.8 Å². The van der Waals surface area contributed by atoms with Crippen molar-refractivity contribution < 1.29 is 14.0 Å². The molecule has 0 unspecified atom stereocenters. The quantitative estimate of drug-likeness (QED) is 0.645. The van der Waals surface area contributed by atoms with Gasteiger partial charge in [-0.25, -0.2) is 4.79 Å². The third kappa shape index (κ3) is 4.51. The number of nitrogens with one attached hydrogen (secondary N) is 2. The number of rotatable bonds is 6. The first-order chi connectivity index (χ1) is 12.6. The number of thioether (sulfide) groups is 1. The number of carbonyl (C=O) groups is 2. The van der Waals surface area contributed by atoms with Crippen LogP contribution in [0.25, 0.3) is 5.69 Å². The molecule has 0 saturated heterocycles. The van der Waals surface area contributed by atoms with E-state index in [0.29, 0.717) is 10.9 Å². The molecule has 2 heterocycles. The summed E-state index contributed by atoms with van der Waals surface area (Å²) in [5.74, 6) is 0.940. The Kier molecular flexibility index (Phi) is 5.69. The van der Waals surface area contributed by atoms with Crippen LogP contribution in [0.2, 0.25) is 0 Å². The summed E-state index contributed by atoms with van der Waals surface area (Å²) in [5, 5.41) is 13.6.